The maximum absolute atomic E-state index is 12.8. The van der Waals surface area contributed by atoms with E-state index in [4.69, 9.17) is 4.74 Å². The molecule has 0 aliphatic carbocycles. The summed E-state index contributed by atoms with van der Waals surface area (Å²) in [7, 11) is 0. The van der Waals surface area contributed by atoms with Gasteiger partial charge in [-0.2, -0.15) is 0 Å². The zero-order valence-electron chi connectivity index (χ0n) is 17.5. The van der Waals surface area contributed by atoms with Crippen molar-refractivity contribution in [1.29, 1.82) is 0 Å². The third-order valence-corrected chi connectivity index (χ3v) is 6.14. The van der Waals surface area contributed by atoms with Gasteiger partial charge in [0.15, 0.2) is 6.04 Å². The third-order valence-electron chi connectivity index (χ3n) is 6.14. The van der Waals surface area contributed by atoms with Crippen molar-refractivity contribution in [3.8, 4) is 5.75 Å². The van der Waals surface area contributed by atoms with Crippen LogP contribution in [0.2, 0.25) is 0 Å². The number of nitrogens with one attached hydrogen (secondary N) is 2. The summed E-state index contributed by atoms with van der Waals surface area (Å²) in [6.07, 6.45) is 0. The number of carbonyl (C=O) groups is 1. The Morgan fingerprint density at radius 3 is 2.33 bits per heavy atom. The van der Waals surface area contributed by atoms with Gasteiger partial charge in [0.2, 0.25) is 0 Å². The molecule has 0 radical (unpaired) electrons. The van der Waals surface area contributed by atoms with Crippen molar-refractivity contribution in [2.75, 3.05) is 67.6 Å². The second-order valence-electron chi connectivity index (χ2n) is 7.99. The topological polar surface area (TPSA) is 69.5 Å². The van der Waals surface area contributed by atoms with Gasteiger partial charge >= 0.3 is 0 Å². The van der Waals surface area contributed by atoms with Gasteiger partial charge in [0.1, 0.15) is 5.75 Å². The molecule has 0 spiro atoms. The number of quaternary nitrogens is 1. The zero-order chi connectivity index (χ0) is 20.9. The molecule has 7 heteroatoms. The fraction of sp³-hybridized carbons (Fsp3) is 0.435. The van der Waals surface area contributed by atoms with Crippen LogP contribution in [0.1, 0.15) is 6.92 Å². The molecule has 2 fully saturated rings. The molecule has 160 valence electrons. The van der Waals surface area contributed by atoms with Crippen molar-refractivity contribution in [3.63, 3.8) is 0 Å². The molecular formula is C23H31N4O3+. The van der Waals surface area contributed by atoms with E-state index in [2.05, 4.69) is 27.2 Å². The Labute approximate surface area is 177 Å². The molecule has 2 heterocycles. The normalized spacial score (nSPS) is 18.8. The number of rotatable bonds is 5. The lowest BCUT2D eigenvalue weighted by atomic mass is 10.1. The number of phenolic OH excluding ortho intramolecular Hbond substituents is 1. The molecule has 30 heavy (non-hydrogen) atoms. The van der Waals surface area contributed by atoms with Gasteiger partial charge in [-0.3, -0.25) is 4.79 Å². The number of ether oxygens (including phenoxy) is 1. The van der Waals surface area contributed by atoms with E-state index in [0.29, 0.717) is 5.75 Å². The molecular weight excluding hydrogens is 380 g/mol. The van der Waals surface area contributed by atoms with E-state index in [1.54, 1.807) is 6.07 Å². The van der Waals surface area contributed by atoms with Gasteiger partial charge in [-0.25, -0.2) is 0 Å². The molecule has 7 nitrogen and oxygen atoms in total. The molecule has 2 aliphatic heterocycles. The van der Waals surface area contributed by atoms with Gasteiger partial charge in [0.05, 0.1) is 45.1 Å². The van der Waals surface area contributed by atoms with Gasteiger partial charge in [0.25, 0.3) is 5.91 Å². The minimum absolute atomic E-state index is 0.0418. The molecule has 2 aromatic rings. The van der Waals surface area contributed by atoms with Crippen LogP contribution in [0.5, 0.6) is 5.75 Å². The van der Waals surface area contributed by atoms with Crippen LogP contribution in [0.3, 0.4) is 0 Å². The van der Waals surface area contributed by atoms with Crippen molar-refractivity contribution >= 4 is 23.0 Å². The smallest absolute Gasteiger partial charge is 0.282 e. The van der Waals surface area contributed by atoms with Crippen LogP contribution in [0, 0.1) is 0 Å². The predicted molar refractivity (Wildman–Crippen MR) is 119 cm³/mol. The molecule has 0 unspecified atom stereocenters. The number of anilines is 3. The Morgan fingerprint density at radius 1 is 1.00 bits per heavy atom. The Hall–Kier alpha value is -2.77. The number of morpholine rings is 1. The van der Waals surface area contributed by atoms with Crippen LogP contribution in [0.25, 0.3) is 0 Å². The fourth-order valence-corrected chi connectivity index (χ4v) is 4.21. The predicted octanol–water partition coefficient (Wildman–Crippen LogP) is 0.961. The van der Waals surface area contributed by atoms with Gasteiger partial charge in [-0.1, -0.05) is 12.1 Å². The molecule has 2 aromatic carbocycles. The first kappa shape index (κ1) is 20.5. The fourth-order valence-electron chi connectivity index (χ4n) is 4.21. The lowest BCUT2D eigenvalue weighted by molar-refractivity contribution is -0.914. The summed E-state index contributed by atoms with van der Waals surface area (Å²) in [5, 5.41) is 13.1. The summed E-state index contributed by atoms with van der Waals surface area (Å²) in [5.74, 6) is 0.354. The van der Waals surface area contributed by atoms with Crippen LogP contribution in [0.15, 0.2) is 48.5 Å². The van der Waals surface area contributed by atoms with E-state index in [-0.39, 0.29) is 11.9 Å². The summed E-state index contributed by atoms with van der Waals surface area (Å²) in [6, 6.07) is 15.4. The Morgan fingerprint density at radius 2 is 1.67 bits per heavy atom. The van der Waals surface area contributed by atoms with Crippen LogP contribution in [0.4, 0.5) is 17.1 Å². The van der Waals surface area contributed by atoms with E-state index in [1.165, 1.54) is 4.90 Å². The first-order valence-corrected chi connectivity index (χ1v) is 10.7. The summed E-state index contributed by atoms with van der Waals surface area (Å²) >= 11 is 0. The number of nitrogens with zero attached hydrogens (tertiary/aromatic N) is 2. The summed E-state index contributed by atoms with van der Waals surface area (Å²) in [5.41, 5.74) is 2.86. The number of phenols is 1. The molecule has 3 N–H and O–H groups in total. The largest absolute Gasteiger partial charge is 0.506 e. The maximum Gasteiger partial charge on any atom is 0.282 e. The number of aromatic hydroxyl groups is 1. The van der Waals surface area contributed by atoms with Crippen molar-refractivity contribution in [2.45, 2.75) is 13.0 Å². The Balaban J connectivity index is 1.29. The van der Waals surface area contributed by atoms with Crippen LogP contribution in [-0.2, 0) is 9.53 Å². The maximum atomic E-state index is 12.8. The lowest BCUT2D eigenvalue weighted by Crippen LogP contribution is -3.19. The highest BCUT2D eigenvalue weighted by atomic mass is 16.5. The third kappa shape index (κ3) is 4.68. The first-order valence-electron chi connectivity index (χ1n) is 10.7. The van der Waals surface area contributed by atoms with Gasteiger partial charge in [-0.15, -0.1) is 0 Å². The van der Waals surface area contributed by atoms with Crippen LogP contribution < -0.4 is 20.0 Å². The zero-order valence-corrected chi connectivity index (χ0v) is 17.5. The van der Waals surface area contributed by atoms with Gasteiger partial charge < -0.3 is 29.9 Å². The lowest BCUT2D eigenvalue weighted by Gasteiger charge is -2.36. The standard InChI is InChI=1S/C23H30N4O3/c1-18(25-10-12-27(13-11-25)21-4-2-3-5-22(21)28)23(29)24-19-6-8-20(9-7-19)26-14-16-30-17-15-26/h2-9,18,28H,10-17H2,1H3,(H,24,29)/p+1/t18-/m1/s1. The number of carbonyl (C=O) groups excluding carboxylic acids is 1. The molecule has 1 atom stereocenters. The van der Waals surface area contributed by atoms with Crippen molar-refractivity contribution < 1.29 is 19.5 Å². The highest BCUT2D eigenvalue weighted by Crippen LogP contribution is 2.26. The molecule has 0 aromatic heterocycles. The number of amides is 1. The Kier molecular flexibility index (Phi) is 6.40. The van der Waals surface area contributed by atoms with Gasteiger partial charge in [-0.05, 0) is 43.3 Å². The minimum Gasteiger partial charge on any atom is -0.506 e. The number of hydrogen-bond acceptors (Lipinski definition) is 5. The second-order valence-corrected chi connectivity index (χ2v) is 7.99. The minimum atomic E-state index is -0.129. The summed E-state index contributed by atoms with van der Waals surface area (Å²) in [6.45, 7) is 8.67. The highest BCUT2D eigenvalue weighted by Gasteiger charge is 2.30. The van der Waals surface area contributed by atoms with Crippen molar-refractivity contribution in [3.05, 3.63) is 48.5 Å². The number of benzene rings is 2. The molecule has 0 bridgehead atoms. The molecule has 1 amide bonds. The average Bonchev–Trinajstić information content (AvgIpc) is 2.80. The summed E-state index contributed by atoms with van der Waals surface area (Å²) < 4.78 is 5.40. The van der Waals surface area contributed by atoms with Crippen molar-refractivity contribution in [1.82, 2.24) is 0 Å². The second kappa shape index (κ2) is 9.36. The monoisotopic (exact) mass is 411 g/mol. The Bertz CT molecular complexity index is 844. The van der Waals surface area contributed by atoms with Crippen LogP contribution in [-0.4, -0.2) is 69.5 Å². The highest BCUT2D eigenvalue weighted by molar-refractivity contribution is 5.93. The average molecular weight is 412 g/mol. The molecule has 2 saturated heterocycles. The van der Waals surface area contributed by atoms with Crippen molar-refractivity contribution in [2.24, 2.45) is 0 Å². The first-order chi connectivity index (χ1) is 14.6. The summed E-state index contributed by atoms with van der Waals surface area (Å²) in [4.78, 5) is 18.5. The van der Waals surface area contributed by atoms with E-state index in [0.717, 1.165) is 69.5 Å². The molecule has 4 rings (SSSR count). The number of para-hydroxylation sites is 2. The SMILES string of the molecule is C[C@H](C(=O)Nc1ccc(N2CCOCC2)cc1)[NH+]1CCN(c2ccccc2O)CC1. The van der Waals surface area contributed by atoms with Crippen LogP contribution >= 0.6 is 0 Å². The van der Waals surface area contributed by atoms with E-state index in [9.17, 15) is 9.90 Å². The molecule has 0 saturated carbocycles. The van der Waals surface area contributed by atoms with E-state index in [1.807, 2.05) is 37.3 Å². The van der Waals surface area contributed by atoms with Gasteiger partial charge in [0, 0.05) is 24.5 Å². The quantitative estimate of drug-likeness (QED) is 0.684. The van der Waals surface area contributed by atoms with E-state index < -0.39 is 0 Å². The molecule has 2 aliphatic rings. The van der Waals surface area contributed by atoms with E-state index >= 15 is 0 Å². The number of piperazine rings is 1. The number of hydrogen-bond donors (Lipinski definition) is 3.